The number of para-hydroxylation sites is 2. The van der Waals surface area contributed by atoms with Gasteiger partial charge in [0.25, 0.3) is 11.8 Å². The van der Waals surface area contributed by atoms with E-state index in [9.17, 15) is 9.59 Å². The first-order valence-corrected chi connectivity index (χ1v) is 28.4. The molecule has 2 aliphatic heterocycles. The van der Waals surface area contributed by atoms with Crippen molar-refractivity contribution in [2.24, 2.45) is 0 Å². The quantitative estimate of drug-likeness (QED) is 0.0282. The number of unbranched alkanes of at least 4 members (excludes halogenated alkanes) is 2. The highest BCUT2D eigenvalue weighted by molar-refractivity contribution is 6.33. The van der Waals surface area contributed by atoms with Gasteiger partial charge in [0.2, 0.25) is 11.9 Å². The van der Waals surface area contributed by atoms with Crippen LogP contribution in [-0.4, -0.2) is 172 Å². The summed E-state index contributed by atoms with van der Waals surface area (Å²) in [5, 5.41) is 19.9. The van der Waals surface area contributed by atoms with Crippen LogP contribution in [0, 0.1) is 0 Å². The molecule has 6 aromatic rings. The van der Waals surface area contributed by atoms with Crippen LogP contribution in [-0.2, 0) is 35.2 Å². The third-order valence-corrected chi connectivity index (χ3v) is 14.5. The number of benzene rings is 4. The van der Waals surface area contributed by atoms with Gasteiger partial charge in [-0.3, -0.25) is 9.59 Å². The summed E-state index contributed by atoms with van der Waals surface area (Å²) in [4.78, 5) is 53.0. The Balaban J connectivity index is 0.000000231. The molecule has 0 saturated carbocycles. The molecule has 2 aromatic heterocycles. The van der Waals surface area contributed by atoms with Crippen molar-refractivity contribution in [3.8, 4) is 0 Å². The normalized spacial score (nSPS) is 13.5. The van der Waals surface area contributed by atoms with Crippen LogP contribution in [0.4, 0.5) is 46.3 Å². The maximum atomic E-state index is 12.9. The largest absolute Gasteiger partial charge is 0.383 e. The van der Waals surface area contributed by atoms with E-state index in [1.807, 2.05) is 64.6 Å². The summed E-state index contributed by atoms with van der Waals surface area (Å²) in [6.07, 6.45) is 11.0. The molecule has 6 N–H and O–H groups in total. The number of nitrogens with one attached hydrogen (secondary N) is 6. The Labute approximate surface area is 482 Å². The lowest BCUT2D eigenvalue weighted by atomic mass is 10.0. The number of hydrogen-bond acceptors (Lipinski definition) is 16. The molecule has 8 rings (SSSR count). The van der Waals surface area contributed by atoms with E-state index in [1.54, 1.807) is 38.7 Å². The zero-order chi connectivity index (χ0) is 56.6. The highest BCUT2D eigenvalue weighted by Gasteiger charge is 2.19. The van der Waals surface area contributed by atoms with Crippen LogP contribution >= 0.6 is 23.2 Å². The van der Waals surface area contributed by atoms with Crippen molar-refractivity contribution < 1.29 is 19.1 Å². The fourth-order valence-corrected chi connectivity index (χ4v) is 9.69. The lowest BCUT2D eigenvalue weighted by molar-refractivity contribution is 0.0945. The number of nitrogens with zero attached hydrogens (tertiary/aromatic N) is 8. The third-order valence-electron chi connectivity index (χ3n) is 13.9. The van der Waals surface area contributed by atoms with Crippen LogP contribution in [0.2, 0.25) is 10.0 Å². The molecule has 4 heterocycles. The van der Waals surface area contributed by atoms with E-state index in [0.717, 1.165) is 128 Å². The van der Waals surface area contributed by atoms with Gasteiger partial charge in [-0.05, 0) is 163 Å². The zero-order valence-electron chi connectivity index (χ0n) is 47.3. The fourth-order valence-electron chi connectivity index (χ4n) is 9.41. The van der Waals surface area contributed by atoms with Crippen molar-refractivity contribution >= 4 is 81.3 Å². The van der Waals surface area contributed by atoms with Gasteiger partial charge in [0.15, 0.2) is 11.6 Å². The zero-order valence-corrected chi connectivity index (χ0v) is 48.9. The monoisotopic (exact) mass is 1130 g/mol. The first kappa shape index (κ1) is 61.1. The summed E-state index contributed by atoms with van der Waals surface area (Å²) >= 11 is 12.9. The molecule has 2 aliphatic rings. The molecule has 20 heteroatoms. The van der Waals surface area contributed by atoms with Gasteiger partial charge in [0.05, 0.1) is 48.1 Å². The first-order valence-electron chi connectivity index (χ1n) is 27.7. The molecular formula is C60H80Cl2N14O4. The van der Waals surface area contributed by atoms with Crippen molar-refractivity contribution in [1.82, 2.24) is 50.2 Å². The second-order valence-electron chi connectivity index (χ2n) is 20.5. The smallest absolute Gasteiger partial charge is 0.253 e. The number of aromatic nitrogens is 4. The minimum Gasteiger partial charge on any atom is -0.383 e. The van der Waals surface area contributed by atoms with Crippen molar-refractivity contribution in [3.05, 3.63) is 141 Å². The lowest BCUT2D eigenvalue weighted by Gasteiger charge is -2.18. The van der Waals surface area contributed by atoms with E-state index in [2.05, 4.69) is 108 Å². The first-order chi connectivity index (χ1) is 38.8. The maximum absolute atomic E-state index is 12.9. The van der Waals surface area contributed by atoms with Gasteiger partial charge in [0, 0.05) is 78.0 Å². The van der Waals surface area contributed by atoms with Crippen LogP contribution in [0.5, 0.6) is 0 Å². The minimum atomic E-state index is -0.137. The molecule has 18 nitrogen and oxygen atoms in total. The van der Waals surface area contributed by atoms with E-state index in [1.165, 1.54) is 22.3 Å². The average molecular weight is 1130 g/mol. The van der Waals surface area contributed by atoms with Crippen LogP contribution in [0.1, 0.15) is 68.7 Å². The van der Waals surface area contributed by atoms with E-state index in [4.69, 9.17) is 32.7 Å². The summed E-state index contributed by atoms with van der Waals surface area (Å²) in [5.41, 5.74) is 9.57. The molecule has 0 atom stereocenters. The molecule has 0 radical (unpaired) electrons. The van der Waals surface area contributed by atoms with Gasteiger partial charge in [-0.25, -0.2) is 9.97 Å². The van der Waals surface area contributed by atoms with Crippen LogP contribution in [0.15, 0.2) is 97.3 Å². The number of carbonyl (C=O) groups is 2. The summed E-state index contributed by atoms with van der Waals surface area (Å²) in [5.74, 6) is 1.42. The molecule has 0 spiro atoms. The number of methoxy groups -OCH3 is 2. The fraction of sp³-hybridized carbons (Fsp3) is 0.433. The minimum absolute atomic E-state index is 0.137. The van der Waals surface area contributed by atoms with Crippen molar-refractivity contribution in [2.75, 3.05) is 142 Å². The number of ether oxygens (including phenoxy) is 2. The molecule has 0 saturated heterocycles. The lowest BCUT2D eigenvalue weighted by Crippen LogP contribution is -2.29. The SMILES string of the molecule is COCCN1CCc2ccc(Nc3ncc(Cl)c(Nc4ccccc4C(=O)NCCCCN(C)C)n3)cc2CC1.COCCN1CCc2ccc(Nc3ncc(Cl)c(Nc4ccccc4C(=O)NCCCCN(C)C)n3)cc2CC1. The van der Waals surface area contributed by atoms with Gasteiger partial charge >= 0.3 is 0 Å². The maximum Gasteiger partial charge on any atom is 0.253 e. The Kier molecular flexibility index (Phi) is 24.5. The number of carbonyl (C=O) groups excluding carboxylic acids is 2. The van der Waals surface area contributed by atoms with E-state index in [0.29, 0.717) is 69.2 Å². The number of amides is 2. The standard InChI is InChI=1S/2C30H40ClN7O2/c2*1-37(2)15-7-6-14-32-29(39)25-8-4-5-9-27(25)35-28-26(31)21-33-30(36-28)34-24-11-10-22-12-16-38(18-19-40-3)17-13-23(22)20-24/h2*4-5,8-11,20-21H,6-7,12-19H2,1-3H3,(H,32,39)(H2,33,34,35,36). The van der Waals surface area contributed by atoms with Crippen LogP contribution in [0.25, 0.3) is 0 Å². The molecular weight excluding hydrogens is 1050 g/mol. The number of fused-ring (bicyclic) bond motifs is 2. The second kappa shape index (κ2) is 32.1. The average Bonchev–Trinajstić information content (AvgIpc) is 3.81. The highest BCUT2D eigenvalue weighted by Crippen LogP contribution is 2.30. The molecule has 2 amide bonds. The van der Waals surface area contributed by atoms with Crippen molar-refractivity contribution in [1.29, 1.82) is 0 Å². The molecule has 0 aliphatic carbocycles. The van der Waals surface area contributed by atoms with Crippen LogP contribution in [0.3, 0.4) is 0 Å². The Morgan fingerprint density at radius 1 is 0.537 bits per heavy atom. The van der Waals surface area contributed by atoms with Gasteiger partial charge in [-0.15, -0.1) is 0 Å². The Hall–Kier alpha value is -6.48. The van der Waals surface area contributed by atoms with Crippen molar-refractivity contribution in [2.45, 2.75) is 51.4 Å². The van der Waals surface area contributed by atoms with E-state index >= 15 is 0 Å². The Bertz CT molecular complexity index is 2740. The Morgan fingerprint density at radius 2 is 0.938 bits per heavy atom. The third kappa shape index (κ3) is 19.4. The molecule has 4 aromatic carbocycles. The number of rotatable bonds is 26. The predicted molar refractivity (Wildman–Crippen MR) is 325 cm³/mol. The summed E-state index contributed by atoms with van der Waals surface area (Å²) < 4.78 is 10.5. The van der Waals surface area contributed by atoms with E-state index < -0.39 is 0 Å². The molecule has 0 unspecified atom stereocenters. The van der Waals surface area contributed by atoms with Crippen LogP contribution < -0.4 is 31.9 Å². The number of hydrogen-bond donors (Lipinski definition) is 6. The summed E-state index contributed by atoms with van der Waals surface area (Å²) in [6, 6.07) is 27.5. The number of anilines is 8. The van der Waals surface area contributed by atoms with Gasteiger partial charge < -0.3 is 61.0 Å². The summed E-state index contributed by atoms with van der Waals surface area (Å²) in [6.45, 7) is 10.7. The molecule has 80 heavy (non-hydrogen) atoms. The molecule has 0 fully saturated rings. The van der Waals surface area contributed by atoms with Gasteiger partial charge in [-0.1, -0.05) is 59.6 Å². The molecule has 428 valence electrons. The van der Waals surface area contributed by atoms with Gasteiger partial charge in [0.1, 0.15) is 10.0 Å². The number of halogens is 2. The highest BCUT2D eigenvalue weighted by atomic mass is 35.5. The van der Waals surface area contributed by atoms with E-state index in [-0.39, 0.29) is 11.8 Å². The Morgan fingerprint density at radius 3 is 1.34 bits per heavy atom. The predicted octanol–water partition coefficient (Wildman–Crippen LogP) is 9.47. The van der Waals surface area contributed by atoms with Gasteiger partial charge in [-0.2, -0.15) is 9.97 Å². The second-order valence-corrected chi connectivity index (χ2v) is 21.4. The topological polar surface area (TPSA) is 189 Å². The summed E-state index contributed by atoms with van der Waals surface area (Å²) in [7, 11) is 11.7. The van der Waals surface area contributed by atoms with Crippen molar-refractivity contribution in [3.63, 3.8) is 0 Å². The molecule has 0 bridgehead atoms.